The highest BCUT2D eigenvalue weighted by Crippen LogP contribution is 2.26. The number of nitrogens with one attached hydrogen (secondary N) is 1. The van der Waals surface area contributed by atoms with Crippen LogP contribution in [-0.4, -0.2) is 30.6 Å². The van der Waals surface area contributed by atoms with Gasteiger partial charge in [-0.2, -0.15) is 0 Å². The van der Waals surface area contributed by atoms with Crippen molar-refractivity contribution in [3.8, 4) is 0 Å². The van der Waals surface area contributed by atoms with Crippen LogP contribution < -0.4 is 5.32 Å². The number of benzene rings is 1. The van der Waals surface area contributed by atoms with Gasteiger partial charge in [0.15, 0.2) is 0 Å². The summed E-state index contributed by atoms with van der Waals surface area (Å²) < 4.78 is 13.1. The largest absolute Gasteiger partial charge is 0.384 e. The summed E-state index contributed by atoms with van der Waals surface area (Å²) in [6.07, 6.45) is 1.33. The SMILES string of the molecule is CC1CC(C)C(C)N(CCNc2cccc(F)c2)C1. The van der Waals surface area contributed by atoms with Crippen LogP contribution in [0.3, 0.4) is 0 Å². The van der Waals surface area contributed by atoms with E-state index in [1.54, 1.807) is 12.1 Å². The first-order valence-electron chi connectivity index (χ1n) is 7.29. The summed E-state index contributed by atoms with van der Waals surface area (Å²) in [5, 5.41) is 3.30. The van der Waals surface area contributed by atoms with Crippen LogP contribution in [0.1, 0.15) is 27.2 Å². The second kappa shape index (κ2) is 6.38. The van der Waals surface area contributed by atoms with Gasteiger partial charge in [0.05, 0.1) is 0 Å². The molecule has 106 valence electrons. The maximum atomic E-state index is 13.1. The molecule has 19 heavy (non-hydrogen) atoms. The number of rotatable bonds is 4. The number of nitrogens with zero attached hydrogens (tertiary/aromatic N) is 1. The number of anilines is 1. The van der Waals surface area contributed by atoms with Crippen molar-refractivity contribution >= 4 is 5.69 Å². The Labute approximate surface area is 116 Å². The highest BCUT2D eigenvalue weighted by molar-refractivity contribution is 5.42. The summed E-state index contributed by atoms with van der Waals surface area (Å²) in [6, 6.07) is 7.32. The average Bonchev–Trinajstić information content (AvgIpc) is 2.35. The standard InChI is InChI=1S/C16H25FN2/c1-12-9-13(2)14(3)19(11-12)8-7-18-16-6-4-5-15(17)10-16/h4-6,10,12-14,18H,7-9,11H2,1-3H3. The quantitative estimate of drug-likeness (QED) is 0.894. The van der Waals surface area contributed by atoms with Gasteiger partial charge in [-0.3, -0.25) is 4.90 Å². The van der Waals surface area contributed by atoms with E-state index in [0.717, 1.165) is 30.6 Å². The first-order valence-corrected chi connectivity index (χ1v) is 7.29. The summed E-state index contributed by atoms with van der Waals surface area (Å²) in [4.78, 5) is 2.55. The summed E-state index contributed by atoms with van der Waals surface area (Å²) in [5.74, 6) is 1.36. The lowest BCUT2D eigenvalue weighted by atomic mass is 9.86. The lowest BCUT2D eigenvalue weighted by molar-refractivity contribution is 0.0839. The second-order valence-corrected chi connectivity index (χ2v) is 5.99. The molecule has 1 aromatic carbocycles. The van der Waals surface area contributed by atoms with Crippen LogP contribution in [0, 0.1) is 17.7 Å². The van der Waals surface area contributed by atoms with Gasteiger partial charge in [0.1, 0.15) is 5.82 Å². The fourth-order valence-corrected chi connectivity index (χ4v) is 3.07. The van der Waals surface area contributed by atoms with E-state index < -0.39 is 0 Å². The number of likely N-dealkylation sites (tertiary alicyclic amines) is 1. The lowest BCUT2D eigenvalue weighted by Gasteiger charge is -2.41. The van der Waals surface area contributed by atoms with Gasteiger partial charge < -0.3 is 5.32 Å². The van der Waals surface area contributed by atoms with E-state index in [2.05, 4.69) is 31.0 Å². The summed E-state index contributed by atoms with van der Waals surface area (Å²) in [5.41, 5.74) is 0.866. The molecule has 0 bridgehead atoms. The lowest BCUT2D eigenvalue weighted by Crippen LogP contribution is -2.47. The molecular formula is C16H25FN2. The Hall–Kier alpha value is -1.09. The van der Waals surface area contributed by atoms with Gasteiger partial charge in [0, 0.05) is 31.4 Å². The van der Waals surface area contributed by atoms with E-state index in [0.29, 0.717) is 6.04 Å². The van der Waals surface area contributed by atoms with Gasteiger partial charge in [-0.15, -0.1) is 0 Å². The zero-order chi connectivity index (χ0) is 13.8. The fraction of sp³-hybridized carbons (Fsp3) is 0.625. The van der Waals surface area contributed by atoms with Crippen LogP contribution in [0.4, 0.5) is 10.1 Å². The molecule has 2 nitrogen and oxygen atoms in total. The van der Waals surface area contributed by atoms with Crippen LogP contribution in [0.5, 0.6) is 0 Å². The van der Waals surface area contributed by atoms with Crippen LogP contribution in [0.25, 0.3) is 0 Å². The molecule has 0 spiro atoms. The maximum absolute atomic E-state index is 13.1. The van der Waals surface area contributed by atoms with Crippen LogP contribution in [0.15, 0.2) is 24.3 Å². The molecule has 0 aliphatic carbocycles. The minimum absolute atomic E-state index is 0.182. The minimum atomic E-state index is -0.182. The van der Waals surface area contributed by atoms with E-state index in [1.165, 1.54) is 19.0 Å². The third-order valence-corrected chi connectivity index (χ3v) is 4.27. The Balaban J connectivity index is 1.81. The van der Waals surface area contributed by atoms with E-state index >= 15 is 0 Å². The number of piperidine rings is 1. The molecule has 3 heteroatoms. The molecule has 2 rings (SSSR count). The molecular weight excluding hydrogens is 239 g/mol. The van der Waals surface area contributed by atoms with Crippen LogP contribution in [0.2, 0.25) is 0 Å². The Morgan fingerprint density at radius 3 is 2.84 bits per heavy atom. The molecule has 1 aromatic rings. The molecule has 0 radical (unpaired) electrons. The first-order chi connectivity index (χ1) is 9.06. The van der Waals surface area contributed by atoms with Crippen molar-refractivity contribution < 1.29 is 4.39 Å². The van der Waals surface area contributed by atoms with Gasteiger partial charge in [-0.1, -0.05) is 19.9 Å². The first kappa shape index (κ1) is 14.3. The molecule has 1 aliphatic heterocycles. The van der Waals surface area contributed by atoms with Crippen molar-refractivity contribution in [2.24, 2.45) is 11.8 Å². The van der Waals surface area contributed by atoms with Crippen molar-refractivity contribution in [1.82, 2.24) is 4.90 Å². The summed E-state index contributed by atoms with van der Waals surface area (Å²) in [7, 11) is 0. The van der Waals surface area contributed by atoms with Gasteiger partial charge >= 0.3 is 0 Å². The summed E-state index contributed by atoms with van der Waals surface area (Å²) in [6.45, 7) is 10.1. The smallest absolute Gasteiger partial charge is 0.125 e. The van der Waals surface area contributed by atoms with Gasteiger partial charge in [-0.25, -0.2) is 4.39 Å². The highest BCUT2D eigenvalue weighted by Gasteiger charge is 2.27. The molecule has 3 atom stereocenters. The predicted molar refractivity (Wildman–Crippen MR) is 78.9 cm³/mol. The molecule has 0 aromatic heterocycles. The third kappa shape index (κ3) is 3.93. The molecule has 1 saturated heterocycles. The van der Waals surface area contributed by atoms with Crippen molar-refractivity contribution in [3.63, 3.8) is 0 Å². The highest BCUT2D eigenvalue weighted by atomic mass is 19.1. The van der Waals surface area contributed by atoms with Gasteiger partial charge in [-0.05, 0) is 43.4 Å². The average molecular weight is 264 g/mol. The van der Waals surface area contributed by atoms with E-state index in [-0.39, 0.29) is 5.82 Å². The minimum Gasteiger partial charge on any atom is -0.384 e. The van der Waals surface area contributed by atoms with Crippen molar-refractivity contribution in [2.45, 2.75) is 33.2 Å². The van der Waals surface area contributed by atoms with E-state index in [4.69, 9.17) is 0 Å². The van der Waals surface area contributed by atoms with Crippen molar-refractivity contribution in [2.75, 3.05) is 25.0 Å². The molecule has 1 fully saturated rings. The molecule has 0 amide bonds. The Morgan fingerprint density at radius 1 is 1.32 bits per heavy atom. The Kier molecular flexibility index (Phi) is 4.81. The summed E-state index contributed by atoms with van der Waals surface area (Å²) >= 11 is 0. The zero-order valence-electron chi connectivity index (χ0n) is 12.2. The number of hydrogen-bond acceptors (Lipinski definition) is 2. The molecule has 1 N–H and O–H groups in total. The van der Waals surface area contributed by atoms with Gasteiger partial charge in [0.2, 0.25) is 0 Å². The topological polar surface area (TPSA) is 15.3 Å². The monoisotopic (exact) mass is 264 g/mol. The molecule has 1 heterocycles. The second-order valence-electron chi connectivity index (χ2n) is 5.99. The normalized spacial score (nSPS) is 28.3. The zero-order valence-corrected chi connectivity index (χ0v) is 12.2. The number of halogens is 1. The maximum Gasteiger partial charge on any atom is 0.125 e. The van der Waals surface area contributed by atoms with Crippen LogP contribution in [-0.2, 0) is 0 Å². The predicted octanol–water partition coefficient (Wildman–Crippen LogP) is 3.60. The third-order valence-electron chi connectivity index (χ3n) is 4.27. The molecule has 3 unspecified atom stereocenters. The Bertz CT molecular complexity index is 407. The van der Waals surface area contributed by atoms with Gasteiger partial charge in [0.25, 0.3) is 0 Å². The van der Waals surface area contributed by atoms with E-state index in [1.807, 2.05) is 6.07 Å². The van der Waals surface area contributed by atoms with Crippen molar-refractivity contribution in [1.29, 1.82) is 0 Å². The Morgan fingerprint density at radius 2 is 2.11 bits per heavy atom. The van der Waals surface area contributed by atoms with Crippen molar-refractivity contribution in [3.05, 3.63) is 30.1 Å². The molecule has 1 aliphatic rings. The van der Waals surface area contributed by atoms with E-state index in [9.17, 15) is 4.39 Å². The van der Waals surface area contributed by atoms with Crippen LogP contribution >= 0.6 is 0 Å². The molecule has 0 saturated carbocycles. The number of hydrogen-bond donors (Lipinski definition) is 1. The fourth-order valence-electron chi connectivity index (χ4n) is 3.07.